The van der Waals surface area contributed by atoms with Crippen LogP contribution in [0.3, 0.4) is 0 Å². The first kappa shape index (κ1) is 11.5. The molecule has 0 aromatic rings. The average molecular weight is 183 g/mol. The summed E-state index contributed by atoms with van der Waals surface area (Å²) in [6.07, 6.45) is 5.59. The first-order chi connectivity index (χ1) is 6.20. The zero-order chi connectivity index (χ0) is 10.1. The van der Waals surface area contributed by atoms with E-state index in [1.54, 1.807) is 6.92 Å². The number of esters is 1. The zero-order valence-corrected chi connectivity index (χ0v) is 7.63. The number of carbonyl (C=O) groups excluding carboxylic acids is 2. The van der Waals surface area contributed by atoms with Gasteiger partial charge in [0.05, 0.1) is 6.61 Å². The largest absolute Gasteiger partial charge is 0.465 e. The highest BCUT2D eigenvalue weighted by Gasteiger charge is 2.04. The van der Waals surface area contributed by atoms with Gasteiger partial charge in [-0.25, -0.2) is 0 Å². The number of carbonyl (C=O) groups is 2. The van der Waals surface area contributed by atoms with Gasteiger partial charge < -0.3 is 10.1 Å². The van der Waals surface area contributed by atoms with E-state index < -0.39 is 5.97 Å². The smallest absolute Gasteiger partial charge is 0.325 e. The molecule has 0 atom stereocenters. The Bertz CT molecular complexity index is 217. The van der Waals surface area contributed by atoms with Crippen molar-refractivity contribution in [2.24, 2.45) is 0 Å². The predicted molar refractivity (Wildman–Crippen MR) is 47.7 cm³/mol. The maximum atomic E-state index is 10.9. The Hall–Kier alpha value is -1.50. The summed E-state index contributed by atoms with van der Waals surface area (Å²) < 4.78 is 4.60. The molecule has 0 unspecified atom stereocenters. The van der Waals surface area contributed by atoms with Gasteiger partial charge in [-0.2, -0.15) is 0 Å². The number of hydrogen-bond acceptors (Lipinski definition) is 3. The molecule has 0 radical (unpaired) electrons. The van der Waals surface area contributed by atoms with Gasteiger partial charge in [-0.05, 0) is 6.92 Å². The fourth-order valence-corrected chi connectivity index (χ4v) is 0.657. The molecule has 0 fully saturated rings. The third kappa shape index (κ3) is 6.88. The average Bonchev–Trinajstić information content (AvgIpc) is 2.12. The van der Waals surface area contributed by atoms with Crippen LogP contribution >= 0.6 is 0 Å². The molecule has 0 rings (SSSR count). The van der Waals surface area contributed by atoms with Crippen LogP contribution < -0.4 is 5.32 Å². The highest BCUT2D eigenvalue weighted by molar-refractivity contribution is 5.81. The van der Waals surface area contributed by atoms with Crippen LogP contribution in [0.25, 0.3) is 0 Å². The number of terminal acetylenes is 1. The molecule has 13 heavy (non-hydrogen) atoms. The van der Waals surface area contributed by atoms with Gasteiger partial charge in [0.15, 0.2) is 0 Å². The molecule has 0 heterocycles. The molecular formula is C9H13NO3. The number of amides is 1. The Morgan fingerprint density at radius 1 is 1.54 bits per heavy atom. The molecule has 0 aliphatic carbocycles. The monoisotopic (exact) mass is 183 g/mol. The van der Waals surface area contributed by atoms with E-state index in [9.17, 15) is 9.59 Å². The Morgan fingerprint density at radius 2 is 2.23 bits per heavy atom. The molecule has 0 saturated carbocycles. The molecule has 4 heteroatoms. The molecule has 0 aromatic heterocycles. The van der Waals surface area contributed by atoms with E-state index in [-0.39, 0.29) is 18.9 Å². The second-order valence-electron chi connectivity index (χ2n) is 2.29. The standard InChI is InChI=1S/C9H13NO3/c1-3-5-6-8(11)10-7-9(12)13-4-2/h1H,4-7H2,2H3,(H,10,11). The molecule has 0 bridgehead atoms. The molecule has 1 amide bonds. The minimum atomic E-state index is -0.434. The Labute approximate surface area is 77.6 Å². The molecule has 0 aromatic carbocycles. The van der Waals surface area contributed by atoms with E-state index in [1.165, 1.54) is 0 Å². The Morgan fingerprint density at radius 3 is 2.77 bits per heavy atom. The van der Waals surface area contributed by atoms with Gasteiger partial charge in [0.1, 0.15) is 6.54 Å². The summed E-state index contributed by atoms with van der Waals surface area (Å²) in [7, 11) is 0. The number of nitrogens with one attached hydrogen (secondary N) is 1. The number of rotatable bonds is 5. The van der Waals surface area contributed by atoms with Gasteiger partial charge in [-0.3, -0.25) is 9.59 Å². The molecule has 1 N–H and O–H groups in total. The number of hydrogen-bond donors (Lipinski definition) is 1. The Kier molecular flexibility index (Phi) is 6.34. The van der Waals surface area contributed by atoms with E-state index >= 15 is 0 Å². The van der Waals surface area contributed by atoms with Crippen molar-refractivity contribution >= 4 is 11.9 Å². The van der Waals surface area contributed by atoms with Crippen molar-refractivity contribution in [3.63, 3.8) is 0 Å². The van der Waals surface area contributed by atoms with Crippen LogP contribution in [0.4, 0.5) is 0 Å². The molecule has 0 aliphatic rings. The highest BCUT2D eigenvalue weighted by Crippen LogP contribution is 1.85. The summed E-state index contributed by atoms with van der Waals surface area (Å²) in [5.41, 5.74) is 0. The summed E-state index contributed by atoms with van der Waals surface area (Å²) in [6, 6.07) is 0. The third-order valence-electron chi connectivity index (χ3n) is 1.23. The van der Waals surface area contributed by atoms with E-state index in [0.717, 1.165) is 0 Å². The van der Waals surface area contributed by atoms with Gasteiger partial charge in [0.2, 0.25) is 5.91 Å². The zero-order valence-electron chi connectivity index (χ0n) is 7.63. The first-order valence-corrected chi connectivity index (χ1v) is 4.06. The predicted octanol–water partition coefficient (Wildman–Crippen LogP) is 0.0791. The maximum Gasteiger partial charge on any atom is 0.325 e. The molecular weight excluding hydrogens is 170 g/mol. The summed E-state index contributed by atoms with van der Waals surface area (Å²) >= 11 is 0. The van der Waals surface area contributed by atoms with Crippen molar-refractivity contribution < 1.29 is 14.3 Å². The molecule has 0 aliphatic heterocycles. The van der Waals surface area contributed by atoms with Crippen LogP contribution in [0, 0.1) is 12.3 Å². The van der Waals surface area contributed by atoms with Crippen LogP contribution in [0.1, 0.15) is 19.8 Å². The molecule has 0 spiro atoms. The maximum absolute atomic E-state index is 10.9. The van der Waals surface area contributed by atoms with Gasteiger partial charge in [-0.1, -0.05) is 0 Å². The lowest BCUT2D eigenvalue weighted by molar-refractivity contribution is -0.143. The minimum absolute atomic E-state index is 0.0861. The summed E-state index contributed by atoms with van der Waals surface area (Å²) in [6.45, 7) is 1.94. The van der Waals surface area contributed by atoms with Crippen molar-refractivity contribution in [1.82, 2.24) is 5.32 Å². The van der Waals surface area contributed by atoms with Crippen LogP contribution in [0.15, 0.2) is 0 Å². The van der Waals surface area contributed by atoms with E-state index in [0.29, 0.717) is 13.0 Å². The minimum Gasteiger partial charge on any atom is -0.465 e. The third-order valence-corrected chi connectivity index (χ3v) is 1.23. The number of ether oxygens (including phenoxy) is 1. The lowest BCUT2D eigenvalue weighted by atomic mass is 10.3. The van der Waals surface area contributed by atoms with Crippen molar-refractivity contribution in [2.75, 3.05) is 13.2 Å². The van der Waals surface area contributed by atoms with Crippen molar-refractivity contribution in [3.05, 3.63) is 0 Å². The fraction of sp³-hybridized carbons (Fsp3) is 0.556. The van der Waals surface area contributed by atoms with E-state index in [1.807, 2.05) is 0 Å². The van der Waals surface area contributed by atoms with Gasteiger partial charge in [-0.15, -0.1) is 12.3 Å². The van der Waals surface area contributed by atoms with Crippen LogP contribution in [0.2, 0.25) is 0 Å². The van der Waals surface area contributed by atoms with Crippen LogP contribution in [0.5, 0.6) is 0 Å². The second kappa shape index (κ2) is 7.17. The van der Waals surface area contributed by atoms with E-state index in [2.05, 4.69) is 16.0 Å². The molecule has 72 valence electrons. The summed E-state index contributed by atoms with van der Waals surface area (Å²) in [5, 5.41) is 2.39. The second-order valence-corrected chi connectivity index (χ2v) is 2.29. The summed E-state index contributed by atoms with van der Waals surface area (Å²) in [4.78, 5) is 21.6. The van der Waals surface area contributed by atoms with Gasteiger partial charge >= 0.3 is 5.97 Å². The van der Waals surface area contributed by atoms with Gasteiger partial charge in [0.25, 0.3) is 0 Å². The van der Waals surface area contributed by atoms with Crippen LogP contribution in [-0.2, 0) is 14.3 Å². The van der Waals surface area contributed by atoms with Crippen LogP contribution in [-0.4, -0.2) is 25.0 Å². The molecule has 4 nitrogen and oxygen atoms in total. The van der Waals surface area contributed by atoms with Gasteiger partial charge in [0, 0.05) is 12.8 Å². The van der Waals surface area contributed by atoms with Crippen molar-refractivity contribution in [1.29, 1.82) is 0 Å². The molecule has 0 saturated heterocycles. The fourth-order valence-electron chi connectivity index (χ4n) is 0.657. The lowest BCUT2D eigenvalue weighted by Crippen LogP contribution is -2.30. The SMILES string of the molecule is C#CCCC(=O)NCC(=O)OCC. The van der Waals surface area contributed by atoms with Crippen molar-refractivity contribution in [2.45, 2.75) is 19.8 Å². The lowest BCUT2D eigenvalue weighted by Gasteiger charge is -2.02. The Balaban J connectivity index is 3.47. The quantitative estimate of drug-likeness (QED) is 0.485. The topological polar surface area (TPSA) is 55.4 Å². The van der Waals surface area contributed by atoms with Crippen molar-refractivity contribution in [3.8, 4) is 12.3 Å². The van der Waals surface area contributed by atoms with E-state index in [4.69, 9.17) is 6.42 Å². The normalized spacial score (nSPS) is 8.62. The highest BCUT2D eigenvalue weighted by atomic mass is 16.5. The first-order valence-electron chi connectivity index (χ1n) is 4.06. The summed E-state index contributed by atoms with van der Waals surface area (Å²) in [5.74, 6) is 1.67.